The van der Waals surface area contributed by atoms with Crippen LogP contribution in [0.2, 0.25) is 0 Å². The first-order valence-electron chi connectivity index (χ1n) is 10.5. The summed E-state index contributed by atoms with van der Waals surface area (Å²) >= 11 is 3.06. The molecule has 2 aromatic rings. The van der Waals surface area contributed by atoms with Gasteiger partial charge in [0.15, 0.2) is 4.80 Å². The summed E-state index contributed by atoms with van der Waals surface area (Å²) in [7, 11) is 0. The number of benzene rings is 1. The summed E-state index contributed by atoms with van der Waals surface area (Å²) in [6.45, 7) is 3.87. The van der Waals surface area contributed by atoms with Gasteiger partial charge in [-0.1, -0.05) is 41.7 Å². The zero-order chi connectivity index (χ0) is 22.0. The first-order valence-corrected chi connectivity index (χ1v) is 12.6. The Balaban J connectivity index is 1.89. The zero-order valence-corrected chi connectivity index (χ0v) is 19.6. The average molecular weight is 455 g/mol. The SMILES string of the molecule is CCOC(=O)C1=C(C)N=c2sc(=CC3CC=CCC3)c(=O)n2C1c1ccc(SC)cc1. The summed E-state index contributed by atoms with van der Waals surface area (Å²) in [6.07, 6.45) is 11.5. The number of rotatable bonds is 5. The Morgan fingerprint density at radius 3 is 2.74 bits per heavy atom. The van der Waals surface area contributed by atoms with Gasteiger partial charge < -0.3 is 4.74 Å². The summed E-state index contributed by atoms with van der Waals surface area (Å²) in [5.41, 5.74) is 1.82. The van der Waals surface area contributed by atoms with Crippen molar-refractivity contribution in [1.82, 2.24) is 4.57 Å². The second-order valence-electron chi connectivity index (χ2n) is 7.64. The summed E-state index contributed by atoms with van der Waals surface area (Å²) in [5.74, 6) is -0.0642. The lowest BCUT2D eigenvalue weighted by atomic mass is 9.94. The molecule has 0 amide bonds. The topological polar surface area (TPSA) is 60.7 Å². The highest BCUT2D eigenvalue weighted by Gasteiger charge is 2.33. The fraction of sp³-hybridized carbons (Fsp3) is 0.375. The molecule has 162 valence electrons. The summed E-state index contributed by atoms with van der Waals surface area (Å²) < 4.78 is 7.71. The van der Waals surface area contributed by atoms with Crippen molar-refractivity contribution in [2.75, 3.05) is 12.9 Å². The molecule has 0 N–H and O–H groups in total. The number of fused-ring (bicyclic) bond motifs is 1. The number of thiazole rings is 1. The predicted molar refractivity (Wildman–Crippen MR) is 126 cm³/mol. The minimum absolute atomic E-state index is 0.0912. The van der Waals surface area contributed by atoms with Crippen LogP contribution in [0.3, 0.4) is 0 Å². The van der Waals surface area contributed by atoms with E-state index in [0.29, 0.717) is 26.5 Å². The van der Waals surface area contributed by atoms with Crippen LogP contribution in [0.1, 0.15) is 44.7 Å². The van der Waals surface area contributed by atoms with Crippen LogP contribution < -0.4 is 14.9 Å². The molecule has 0 fully saturated rings. The number of aromatic nitrogens is 1. The number of allylic oxidation sites excluding steroid dienone is 3. The van der Waals surface area contributed by atoms with Crippen molar-refractivity contribution in [2.24, 2.45) is 10.9 Å². The van der Waals surface area contributed by atoms with Crippen molar-refractivity contribution in [1.29, 1.82) is 0 Å². The molecule has 7 heteroatoms. The molecule has 5 nitrogen and oxygen atoms in total. The second kappa shape index (κ2) is 9.40. The van der Waals surface area contributed by atoms with Gasteiger partial charge in [-0.15, -0.1) is 11.8 Å². The van der Waals surface area contributed by atoms with E-state index in [0.717, 1.165) is 29.7 Å². The standard InChI is InChI=1S/C24H26N2O3S2/c1-4-29-23(28)20-15(2)25-24-26(21(20)17-10-12-18(30-3)13-11-17)22(27)19(31-24)14-16-8-6-5-7-9-16/h5-6,10-14,16,21H,4,7-9H2,1-3H3. The average Bonchev–Trinajstić information content (AvgIpc) is 3.08. The number of thioether (sulfide) groups is 1. The molecule has 0 radical (unpaired) electrons. The molecular formula is C24H26N2O3S2. The van der Waals surface area contributed by atoms with E-state index >= 15 is 0 Å². The van der Waals surface area contributed by atoms with Crippen LogP contribution >= 0.6 is 23.1 Å². The lowest BCUT2D eigenvalue weighted by Crippen LogP contribution is -2.40. The van der Waals surface area contributed by atoms with Crippen molar-refractivity contribution >= 4 is 35.1 Å². The summed E-state index contributed by atoms with van der Waals surface area (Å²) in [4.78, 5) is 32.8. The molecule has 2 heterocycles. The molecule has 31 heavy (non-hydrogen) atoms. The van der Waals surface area contributed by atoms with E-state index in [-0.39, 0.29) is 12.2 Å². The largest absolute Gasteiger partial charge is 0.463 e. The van der Waals surface area contributed by atoms with E-state index in [9.17, 15) is 9.59 Å². The van der Waals surface area contributed by atoms with E-state index in [1.807, 2.05) is 37.4 Å². The Kier molecular flexibility index (Phi) is 6.62. The molecule has 0 spiro atoms. The van der Waals surface area contributed by atoms with Crippen molar-refractivity contribution in [3.8, 4) is 0 Å². The van der Waals surface area contributed by atoms with Gasteiger partial charge in [-0.25, -0.2) is 9.79 Å². The smallest absolute Gasteiger partial charge is 0.338 e. The Hall–Kier alpha value is -2.38. The van der Waals surface area contributed by atoms with E-state index in [4.69, 9.17) is 4.74 Å². The normalized spacial score (nSPS) is 21.1. The number of hydrogen-bond donors (Lipinski definition) is 0. The number of carbonyl (C=O) groups is 1. The Bertz CT molecular complexity index is 1220. The lowest BCUT2D eigenvalue weighted by molar-refractivity contribution is -0.139. The van der Waals surface area contributed by atoms with Crippen LogP contribution in [0.25, 0.3) is 6.08 Å². The minimum Gasteiger partial charge on any atom is -0.463 e. The van der Waals surface area contributed by atoms with Crippen molar-refractivity contribution in [2.45, 2.75) is 44.0 Å². The van der Waals surface area contributed by atoms with Crippen molar-refractivity contribution in [3.05, 3.63) is 72.9 Å². The van der Waals surface area contributed by atoms with Gasteiger partial charge in [0.25, 0.3) is 5.56 Å². The van der Waals surface area contributed by atoms with Gasteiger partial charge in [0, 0.05) is 4.90 Å². The quantitative estimate of drug-likeness (QED) is 0.391. The number of ether oxygens (including phenoxy) is 1. The first-order chi connectivity index (χ1) is 15.0. The van der Waals surface area contributed by atoms with Gasteiger partial charge >= 0.3 is 5.97 Å². The van der Waals surface area contributed by atoms with Crippen molar-refractivity contribution in [3.63, 3.8) is 0 Å². The third-order valence-corrected chi connectivity index (χ3v) is 7.39. The monoisotopic (exact) mass is 454 g/mol. The van der Waals surface area contributed by atoms with Crippen LogP contribution in [0.4, 0.5) is 0 Å². The van der Waals surface area contributed by atoms with Crippen LogP contribution in [0.5, 0.6) is 0 Å². The Morgan fingerprint density at radius 2 is 2.10 bits per heavy atom. The number of hydrogen-bond acceptors (Lipinski definition) is 6. The van der Waals surface area contributed by atoms with E-state index < -0.39 is 12.0 Å². The van der Waals surface area contributed by atoms with Crippen molar-refractivity contribution < 1.29 is 9.53 Å². The molecule has 2 unspecified atom stereocenters. The fourth-order valence-corrected chi connectivity index (χ4v) is 5.61. The summed E-state index contributed by atoms with van der Waals surface area (Å²) in [6, 6.07) is 7.46. The fourth-order valence-electron chi connectivity index (χ4n) is 4.09. The molecular weight excluding hydrogens is 428 g/mol. The number of esters is 1. The zero-order valence-electron chi connectivity index (χ0n) is 18.0. The molecule has 1 aliphatic carbocycles. The molecule has 2 aliphatic rings. The molecule has 1 aromatic heterocycles. The third kappa shape index (κ3) is 4.34. The maximum absolute atomic E-state index is 13.5. The molecule has 4 rings (SSSR count). The van der Waals surface area contributed by atoms with E-state index in [2.05, 4.69) is 23.2 Å². The van der Waals surface area contributed by atoms with Gasteiger partial charge in [-0.2, -0.15) is 0 Å². The molecule has 1 aromatic carbocycles. The molecule has 0 bridgehead atoms. The molecule has 2 atom stereocenters. The van der Waals surface area contributed by atoms with E-state index in [1.54, 1.807) is 23.3 Å². The van der Waals surface area contributed by atoms with Crippen LogP contribution in [-0.2, 0) is 9.53 Å². The molecule has 1 aliphatic heterocycles. The van der Waals surface area contributed by atoms with Gasteiger partial charge in [-0.05, 0) is 63.0 Å². The molecule has 0 saturated carbocycles. The third-order valence-electron chi connectivity index (χ3n) is 5.65. The number of nitrogens with zero attached hydrogens (tertiary/aromatic N) is 2. The van der Waals surface area contributed by atoms with E-state index in [1.165, 1.54) is 11.3 Å². The van der Waals surface area contributed by atoms with Crippen LogP contribution in [0.15, 0.2) is 62.4 Å². The number of carbonyl (C=O) groups excluding carboxylic acids is 1. The highest BCUT2D eigenvalue weighted by Crippen LogP contribution is 2.31. The Morgan fingerprint density at radius 1 is 1.32 bits per heavy atom. The van der Waals surface area contributed by atoms with Crippen LogP contribution in [-0.4, -0.2) is 23.4 Å². The van der Waals surface area contributed by atoms with Gasteiger partial charge in [0.1, 0.15) is 0 Å². The molecule has 0 saturated heterocycles. The first kappa shape index (κ1) is 21.8. The highest BCUT2D eigenvalue weighted by atomic mass is 32.2. The maximum Gasteiger partial charge on any atom is 0.338 e. The minimum atomic E-state index is -0.542. The van der Waals surface area contributed by atoms with Gasteiger partial charge in [0.2, 0.25) is 0 Å². The van der Waals surface area contributed by atoms with Crippen LogP contribution in [0, 0.1) is 5.92 Å². The Labute approximate surface area is 189 Å². The highest BCUT2D eigenvalue weighted by molar-refractivity contribution is 7.98. The maximum atomic E-state index is 13.5. The van der Waals surface area contributed by atoms with Gasteiger partial charge in [-0.3, -0.25) is 9.36 Å². The predicted octanol–water partition coefficient (Wildman–Crippen LogP) is 3.83. The van der Waals surface area contributed by atoms with Gasteiger partial charge in [0.05, 0.1) is 28.5 Å². The second-order valence-corrected chi connectivity index (χ2v) is 9.53. The summed E-state index contributed by atoms with van der Waals surface area (Å²) in [5, 5.41) is 0. The lowest BCUT2D eigenvalue weighted by Gasteiger charge is -2.24.